The lowest BCUT2D eigenvalue weighted by Gasteiger charge is -2.24. The molecule has 0 aliphatic heterocycles. The molecule has 0 atom stereocenters. The molecule has 0 aliphatic rings. The Morgan fingerprint density at radius 3 is 1.05 bits per heavy atom. The fourth-order valence-corrected chi connectivity index (χ4v) is 3.20. The summed E-state index contributed by atoms with van der Waals surface area (Å²) < 4.78 is 146. The SMILES string of the molecule is O=C(N(S(=O)(=O)C(F)(F)F)S(=O)(=O)C(F)(F)F)C(F)(F)F. The number of alkyl halides is 9. The van der Waals surface area contributed by atoms with Crippen molar-refractivity contribution in [1.82, 2.24) is 3.71 Å². The second-order valence-corrected chi connectivity index (χ2v) is 6.69. The van der Waals surface area contributed by atoms with E-state index in [0.29, 0.717) is 0 Å². The molecule has 0 unspecified atom stereocenters. The summed E-state index contributed by atoms with van der Waals surface area (Å²) in [7, 11) is -15.6. The highest BCUT2D eigenvalue weighted by Crippen LogP contribution is 2.37. The first-order valence-electron chi connectivity index (χ1n) is 3.82. The van der Waals surface area contributed by atoms with Crippen molar-refractivity contribution in [3.63, 3.8) is 0 Å². The molecule has 0 aromatic carbocycles. The molecule has 0 fully saturated rings. The number of carbonyl (C=O) groups is 1. The highest BCUT2D eigenvalue weighted by atomic mass is 32.3. The van der Waals surface area contributed by atoms with Crippen molar-refractivity contribution >= 4 is 26.0 Å². The molecular weight excluding hydrogens is 377 g/mol. The van der Waals surface area contributed by atoms with Crippen molar-refractivity contribution in [3.8, 4) is 0 Å². The summed E-state index contributed by atoms with van der Waals surface area (Å²) in [5.74, 6) is -4.39. The van der Waals surface area contributed by atoms with E-state index >= 15 is 0 Å². The number of nitrogens with zero attached hydrogens (tertiary/aromatic N) is 1. The fraction of sp³-hybridized carbons (Fsp3) is 0.750. The van der Waals surface area contributed by atoms with Crippen LogP contribution in [0.15, 0.2) is 0 Å². The molecule has 0 spiro atoms. The molecule has 0 saturated heterocycles. The van der Waals surface area contributed by atoms with Gasteiger partial charge in [-0.05, 0) is 0 Å². The smallest absolute Gasteiger partial charge is 0.262 e. The van der Waals surface area contributed by atoms with Crippen LogP contribution in [-0.2, 0) is 24.8 Å². The van der Waals surface area contributed by atoms with Crippen LogP contribution in [0, 0.1) is 0 Å². The van der Waals surface area contributed by atoms with Crippen LogP contribution in [0.2, 0.25) is 0 Å². The van der Waals surface area contributed by atoms with Gasteiger partial charge in [-0.3, -0.25) is 4.79 Å². The lowest BCUT2D eigenvalue weighted by atomic mass is 10.6. The Bertz CT molecular complexity index is 579. The summed E-state index contributed by atoms with van der Waals surface area (Å²) in [6, 6.07) is 0. The van der Waals surface area contributed by atoms with Crippen molar-refractivity contribution in [2.75, 3.05) is 0 Å². The van der Waals surface area contributed by atoms with E-state index in [-0.39, 0.29) is 0 Å². The van der Waals surface area contributed by atoms with Gasteiger partial charge in [0.15, 0.2) is 0 Å². The highest BCUT2D eigenvalue weighted by molar-refractivity contribution is 8.05. The minimum atomic E-state index is -7.81. The van der Waals surface area contributed by atoms with Gasteiger partial charge in [0.2, 0.25) is 0 Å². The second-order valence-electron chi connectivity index (χ2n) is 2.90. The van der Waals surface area contributed by atoms with E-state index in [1.807, 2.05) is 0 Å². The number of sulfonamides is 2. The van der Waals surface area contributed by atoms with Crippen LogP contribution in [0.25, 0.3) is 0 Å². The molecule has 21 heavy (non-hydrogen) atoms. The molecule has 0 bridgehead atoms. The minimum absolute atomic E-state index is 3.28. The third kappa shape index (κ3) is 3.50. The van der Waals surface area contributed by atoms with Crippen molar-refractivity contribution in [2.45, 2.75) is 17.2 Å². The zero-order valence-corrected chi connectivity index (χ0v) is 10.3. The lowest BCUT2D eigenvalue weighted by Crippen LogP contribution is -2.55. The molecule has 0 saturated carbocycles. The average Bonchev–Trinajstić information content (AvgIpc) is 2.11. The van der Waals surface area contributed by atoms with Crippen molar-refractivity contribution in [1.29, 1.82) is 0 Å². The Hall–Kier alpha value is -1.26. The van der Waals surface area contributed by atoms with Crippen molar-refractivity contribution < 1.29 is 61.1 Å². The molecule has 0 heterocycles. The Labute approximate surface area is 109 Å². The lowest BCUT2D eigenvalue weighted by molar-refractivity contribution is -0.177. The van der Waals surface area contributed by atoms with Crippen LogP contribution in [0.4, 0.5) is 39.5 Å². The van der Waals surface area contributed by atoms with E-state index in [4.69, 9.17) is 0 Å². The molecule has 0 radical (unpaired) electrons. The maximum absolute atomic E-state index is 12.0. The van der Waals surface area contributed by atoms with E-state index in [1.165, 1.54) is 0 Å². The largest absolute Gasteiger partial charge is 0.517 e. The van der Waals surface area contributed by atoms with Gasteiger partial charge in [-0.15, -0.1) is 3.71 Å². The number of hydrogen-bond acceptors (Lipinski definition) is 5. The van der Waals surface area contributed by atoms with Gasteiger partial charge in [-0.25, -0.2) is 0 Å². The van der Waals surface area contributed by atoms with E-state index in [1.54, 1.807) is 0 Å². The molecule has 0 N–H and O–H groups in total. The fourth-order valence-electron chi connectivity index (χ4n) is 0.639. The van der Waals surface area contributed by atoms with E-state index in [0.717, 1.165) is 0 Å². The first kappa shape index (κ1) is 19.7. The summed E-state index contributed by atoms with van der Waals surface area (Å²) in [6.45, 7) is 0. The molecular formula is C4F9NO5S2. The van der Waals surface area contributed by atoms with Gasteiger partial charge in [0.1, 0.15) is 0 Å². The quantitative estimate of drug-likeness (QED) is 0.672. The summed E-state index contributed by atoms with van der Waals surface area (Å²) in [6.07, 6.45) is -6.64. The number of amides is 1. The predicted molar refractivity (Wildman–Crippen MR) is 42.9 cm³/mol. The van der Waals surface area contributed by atoms with Gasteiger partial charge in [-0.2, -0.15) is 56.3 Å². The minimum Gasteiger partial charge on any atom is -0.262 e. The standard InChI is InChI=1S/C4F9NO5S2/c5-2(6,7)1(15)14(20(16,17)3(8,9)10)21(18,19)4(11,12)13. The number of rotatable bonds is 2. The maximum Gasteiger partial charge on any atom is 0.517 e. The van der Waals surface area contributed by atoms with Gasteiger partial charge in [0.05, 0.1) is 0 Å². The van der Waals surface area contributed by atoms with Crippen LogP contribution < -0.4 is 0 Å². The molecule has 126 valence electrons. The zero-order chi connectivity index (χ0) is 17.7. The molecule has 0 rings (SSSR count). The zero-order valence-electron chi connectivity index (χ0n) is 8.71. The summed E-state index contributed by atoms with van der Waals surface area (Å²) in [5.41, 5.74) is -13.8. The second kappa shape index (κ2) is 4.89. The van der Waals surface area contributed by atoms with Gasteiger partial charge in [0.25, 0.3) is 0 Å². The Balaban J connectivity index is 6.59. The first-order valence-corrected chi connectivity index (χ1v) is 6.70. The third-order valence-electron chi connectivity index (χ3n) is 1.43. The molecule has 6 nitrogen and oxygen atoms in total. The Morgan fingerprint density at radius 2 is 0.905 bits per heavy atom. The van der Waals surface area contributed by atoms with Crippen LogP contribution in [0.1, 0.15) is 0 Å². The predicted octanol–water partition coefficient (Wildman–Crippen LogP) is 1.08. The highest BCUT2D eigenvalue weighted by Gasteiger charge is 2.67. The van der Waals surface area contributed by atoms with Gasteiger partial charge in [0, 0.05) is 0 Å². The first-order chi connectivity index (χ1) is 8.78. The van der Waals surface area contributed by atoms with Gasteiger partial charge >= 0.3 is 43.1 Å². The summed E-state index contributed by atoms with van der Waals surface area (Å²) in [4.78, 5) is 10.4. The number of carbonyl (C=O) groups excluding carboxylic acids is 1. The van der Waals surface area contributed by atoms with E-state index in [2.05, 4.69) is 0 Å². The van der Waals surface area contributed by atoms with Crippen LogP contribution in [0.5, 0.6) is 0 Å². The normalized spacial score (nSPS) is 14.9. The molecule has 1 amide bonds. The van der Waals surface area contributed by atoms with Gasteiger partial charge in [-0.1, -0.05) is 0 Å². The van der Waals surface area contributed by atoms with Crippen LogP contribution in [0.3, 0.4) is 0 Å². The summed E-state index contributed by atoms with van der Waals surface area (Å²) >= 11 is 0. The third-order valence-corrected chi connectivity index (χ3v) is 4.98. The topological polar surface area (TPSA) is 88.6 Å². The van der Waals surface area contributed by atoms with Gasteiger partial charge < -0.3 is 0 Å². The van der Waals surface area contributed by atoms with Crippen molar-refractivity contribution in [2.24, 2.45) is 0 Å². The molecule has 17 heteroatoms. The Kier molecular flexibility index (Phi) is 4.59. The van der Waals surface area contributed by atoms with E-state index in [9.17, 15) is 61.1 Å². The maximum atomic E-state index is 12.0. The average molecular weight is 377 g/mol. The van der Waals surface area contributed by atoms with Crippen molar-refractivity contribution in [3.05, 3.63) is 0 Å². The number of halogens is 9. The molecule has 0 aromatic rings. The summed E-state index contributed by atoms with van der Waals surface area (Å²) in [5, 5.41) is 0. The molecule has 0 aliphatic carbocycles. The Morgan fingerprint density at radius 1 is 0.667 bits per heavy atom. The van der Waals surface area contributed by atoms with Crippen LogP contribution >= 0.6 is 0 Å². The monoisotopic (exact) mass is 377 g/mol. The van der Waals surface area contributed by atoms with Crippen LogP contribution in [-0.4, -0.2) is 43.6 Å². The number of hydrogen-bond donors (Lipinski definition) is 0. The van der Waals surface area contributed by atoms with E-state index < -0.39 is 46.9 Å². The molecule has 0 aromatic heterocycles.